The van der Waals surface area contributed by atoms with Gasteiger partial charge >= 0.3 is 11.9 Å². The summed E-state index contributed by atoms with van der Waals surface area (Å²) in [5, 5.41) is 17.4. The van der Waals surface area contributed by atoms with Gasteiger partial charge in [-0.05, 0) is 12.0 Å². The standard InChI is InChI=1S/C11H12O4/c12-10(13)7-6-9(11(14)15)8-4-2-1-3-5-8/h1-5,9H,6-7H2,(H,12,13)(H,14,15)/t9-/m0/s1. The van der Waals surface area contributed by atoms with Gasteiger partial charge in [0.15, 0.2) is 0 Å². The molecule has 1 rings (SSSR count). The van der Waals surface area contributed by atoms with Crippen LogP contribution in [-0.2, 0) is 9.59 Å². The molecule has 1 aromatic rings. The van der Waals surface area contributed by atoms with Crippen molar-refractivity contribution in [3.05, 3.63) is 35.9 Å². The highest BCUT2D eigenvalue weighted by atomic mass is 16.4. The average molecular weight is 208 g/mol. The molecule has 80 valence electrons. The lowest BCUT2D eigenvalue weighted by molar-refractivity contribution is -0.140. The van der Waals surface area contributed by atoms with Crippen LogP contribution in [-0.4, -0.2) is 22.2 Å². The van der Waals surface area contributed by atoms with Gasteiger partial charge in [0.2, 0.25) is 0 Å². The third-order valence-corrected chi connectivity index (χ3v) is 2.15. The highest BCUT2D eigenvalue weighted by molar-refractivity contribution is 5.77. The number of hydrogen-bond donors (Lipinski definition) is 2. The summed E-state index contributed by atoms with van der Waals surface area (Å²) >= 11 is 0. The third-order valence-electron chi connectivity index (χ3n) is 2.15. The summed E-state index contributed by atoms with van der Waals surface area (Å²) in [5.41, 5.74) is 0.645. The van der Waals surface area contributed by atoms with Crippen LogP contribution in [0.15, 0.2) is 30.3 Å². The lowest BCUT2D eigenvalue weighted by atomic mass is 9.94. The summed E-state index contributed by atoms with van der Waals surface area (Å²) in [4.78, 5) is 21.3. The van der Waals surface area contributed by atoms with E-state index >= 15 is 0 Å². The van der Waals surface area contributed by atoms with Crippen molar-refractivity contribution in [2.75, 3.05) is 0 Å². The Morgan fingerprint density at radius 1 is 1.13 bits per heavy atom. The zero-order valence-electron chi connectivity index (χ0n) is 8.09. The summed E-state index contributed by atoms with van der Waals surface area (Å²) in [6.07, 6.45) is -0.0134. The molecule has 0 radical (unpaired) electrons. The SMILES string of the molecule is O=C(O)CC[C@H](C(=O)O)c1ccccc1. The van der Waals surface area contributed by atoms with E-state index in [2.05, 4.69) is 0 Å². The molecule has 1 aromatic carbocycles. The van der Waals surface area contributed by atoms with E-state index < -0.39 is 17.9 Å². The molecule has 0 aromatic heterocycles. The molecule has 0 fully saturated rings. The van der Waals surface area contributed by atoms with Crippen molar-refractivity contribution >= 4 is 11.9 Å². The molecule has 0 aliphatic heterocycles. The first-order valence-corrected chi connectivity index (χ1v) is 4.61. The predicted octanol–water partition coefficient (Wildman–Crippen LogP) is 1.72. The predicted molar refractivity (Wildman–Crippen MR) is 53.7 cm³/mol. The molecule has 1 atom stereocenters. The van der Waals surface area contributed by atoms with Crippen LogP contribution in [0.3, 0.4) is 0 Å². The number of benzene rings is 1. The van der Waals surface area contributed by atoms with Crippen molar-refractivity contribution < 1.29 is 19.8 Å². The molecule has 0 saturated heterocycles. The molecule has 2 N–H and O–H groups in total. The van der Waals surface area contributed by atoms with E-state index in [-0.39, 0.29) is 12.8 Å². The van der Waals surface area contributed by atoms with Crippen molar-refractivity contribution in [3.63, 3.8) is 0 Å². The molecule has 0 heterocycles. The van der Waals surface area contributed by atoms with Gasteiger partial charge in [-0.25, -0.2) is 0 Å². The largest absolute Gasteiger partial charge is 0.481 e. The van der Waals surface area contributed by atoms with E-state index in [1.54, 1.807) is 30.3 Å². The van der Waals surface area contributed by atoms with Crippen LogP contribution >= 0.6 is 0 Å². The van der Waals surface area contributed by atoms with Gasteiger partial charge in [0.1, 0.15) is 0 Å². The van der Waals surface area contributed by atoms with Gasteiger partial charge in [0.25, 0.3) is 0 Å². The Kier molecular flexibility index (Phi) is 3.85. The van der Waals surface area contributed by atoms with Crippen molar-refractivity contribution in [1.29, 1.82) is 0 Å². The van der Waals surface area contributed by atoms with Crippen LogP contribution < -0.4 is 0 Å². The first-order valence-electron chi connectivity index (χ1n) is 4.61. The number of aliphatic carboxylic acids is 2. The van der Waals surface area contributed by atoms with E-state index in [1.807, 2.05) is 0 Å². The summed E-state index contributed by atoms with van der Waals surface area (Å²) < 4.78 is 0. The first-order chi connectivity index (χ1) is 7.11. The maximum Gasteiger partial charge on any atom is 0.310 e. The minimum atomic E-state index is -0.984. The highest BCUT2D eigenvalue weighted by Crippen LogP contribution is 2.21. The number of carboxylic acids is 2. The normalized spacial score (nSPS) is 12.0. The number of carboxylic acid groups (broad SMARTS) is 2. The van der Waals surface area contributed by atoms with Gasteiger partial charge in [-0.1, -0.05) is 30.3 Å². The second-order valence-corrected chi connectivity index (χ2v) is 3.23. The molecule has 0 saturated carbocycles. The zero-order valence-corrected chi connectivity index (χ0v) is 8.09. The van der Waals surface area contributed by atoms with Crippen molar-refractivity contribution in [2.24, 2.45) is 0 Å². The second kappa shape index (κ2) is 5.14. The molecule has 0 bridgehead atoms. The Morgan fingerprint density at radius 3 is 2.20 bits per heavy atom. The number of carbonyl (C=O) groups is 2. The molecular formula is C11H12O4. The summed E-state index contributed by atoms with van der Waals surface area (Å²) in [6, 6.07) is 8.67. The Morgan fingerprint density at radius 2 is 1.73 bits per heavy atom. The number of rotatable bonds is 5. The van der Waals surface area contributed by atoms with Crippen LogP contribution in [0.1, 0.15) is 24.3 Å². The fourth-order valence-electron chi connectivity index (χ4n) is 1.39. The van der Waals surface area contributed by atoms with Gasteiger partial charge in [-0.3, -0.25) is 9.59 Å². The van der Waals surface area contributed by atoms with E-state index in [1.165, 1.54) is 0 Å². The summed E-state index contributed by atoms with van der Waals surface area (Å²) in [7, 11) is 0. The average Bonchev–Trinajstić information content (AvgIpc) is 2.18. The minimum Gasteiger partial charge on any atom is -0.481 e. The van der Waals surface area contributed by atoms with Crippen molar-refractivity contribution in [1.82, 2.24) is 0 Å². The number of hydrogen-bond acceptors (Lipinski definition) is 2. The molecule has 15 heavy (non-hydrogen) atoms. The summed E-state index contributed by atoms with van der Waals surface area (Å²) in [5.74, 6) is -2.69. The topological polar surface area (TPSA) is 74.6 Å². The fourth-order valence-corrected chi connectivity index (χ4v) is 1.39. The molecule has 4 nitrogen and oxygen atoms in total. The van der Waals surface area contributed by atoms with Gasteiger partial charge in [-0.15, -0.1) is 0 Å². The van der Waals surface area contributed by atoms with Gasteiger partial charge in [-0.2, -0.15) is 0 Å². The quantitative estimate of drug-likeness (QED) is 0.772. The lowest BCUT2D eigenvalue weighted by Gasteiger charge is -2.10. The Hall–Kier alpha value is -1.84. The molecule has 4 heteroatoms. The van der Waals surface area contributed by atoms with E-state index in [0.29, 0.717) is 5.56 Å². The molecule has 0 amide bonds. The monoisotopic (exact) mass is 208 g/mol. The lowest BCUT2D eigenvalue weighted by Crippen LogP contribution is -2.13. The second-order valence-electron chi connectivity index (χ2n) is 3.23. The fraction of sp³-hybridized carbons (Fsp3) is 0.273. The van der Waals surface area contributed by atoms with E-state index in [0.717, 1.165) is 0 Å². The zero-order chi connectivity index (χ0) is 11.3. The van der Waals surface area contributed by atoms with Crippen LogP contribution in [0.5, 0.6) is 0 Å². The maximum atomic E-state index is 10.9. The highest BCUT2D eigenvalue weighted by Gasteiger charge is 2.20. The van der Waals surface area contributed by atoms with E-state index in [9.17, 15) is 9.59 Å². The first kappa shape index (κ1) is 11.2. The Balaban J connectivity index is 2.75. The third kappa shape index (κ3) is 3.42. The maximum absolute atomic E-state index is 10.9. The minimum absolute atomic E-state index is 0.120. The van der Waals surface area contributed by atoms with Crippen LogP contribution in [0, 0.1) is 0 Å². The van der Waals surface area contributed by atoms with Gasteiger partial charge in [0.05, 0.1) is 5.92 Å². The van der Waals surface area contributed by atoms with Gasteiger partial charge in [0, 0.05) is 6.42 Å². The smallest absolute Gasteiger partial charge is 0.310 e. The molecule has 0 spiro atoms. The molecule has 0 unspecified atom stereocenters. The van der Waals surface area contributed by atoms with Crippen molar-refractivity contribution in [2.45, 2.75) is 18.8 Å². The van der Waals surface area contributed by atoms with Crippen LogP contribution in [0.2, 0.25) is 0 Å². The summed E-state index contributed by atoms with van der Waals surface area (Å²) in [6.45, 7) is 0. The van der Waals surface area contributed by atoms with Crippen LogP contribution in [0.4, 0.5) is 0 Å². The van der Waals surface area contributed by atoms with E-state index in [4.69, 9.17) is 10.2 Å². The Labute approximate surface area is 87.2 Å². The molecular weight excluding hydrogens is 196 g/mol. The molecule has 0 aliphatic carbocycles. The van der Waals surface area contributed by atoms with Crippen molar-refractivity contribution in [3.8, 4) is 0 Å². The Bertz CT molecular complexity index is 345. The van der Waals surface area contributed by atoms with Gasteiger partial charge < -0.3 is 10.2 Å². The van der Waals surface area contributed by atoms with Crippen LogP contribution in [0.25, 0.3) is 0 Å². The molecule has 0 aliphatic rings.